The summed E-state index contributed by atoms with van der Waals surface area (Å²) in [6, 6.07) is 12.7. The van der Waals surface area contributed by atoms with Gasteiger partial charge in [0, 0.05) is 18.1 Å². The van der Waals surface area contributed by atoms with Gasteiger partial charge in [-0.15, -0.1) is 0 Å². The first kappa shape index (κ1) is 22.4. The minimum atomic E-state index is -3.96. The van der Waals surface area contributed by atoms with Crippen LogP contribution in [0.4, 0.5) is 5.69 Å². The van der Waals surface area contributed by atoms with Gasteiger partial charge in [0.25, 0.3) is 10.0 Å². The Bertz CT molecular complexity index is 962. The lowest BCUT2D eigenvalue weighted by Crippen LogP contribution is -2.46. The lowest BCUT2D eigenvalue weighted by atomic mass is 10.0. The van der Waals surface area contributed by atoms with E-state index < -0.39 is 10.0 Å². The van der Waals surface area contributed by atoms with Gasteiger partial charge < -0.3 is 9.64 Å². The minimum absolute atomic E-state index is 0.0839. The van der Waals surface area contributed by atoms with Crippen LogP contribution in [0, 0.1) is 5.92 Å². The number of hydrogen-bond donors (Lipinski definition) is 0. The van der Waals surface area contributed by atoms with Gasteiger partial charge in [0.15, 0.2) is 0 Å². The Morgan fingerprint density at radius 1 is 1.17 bits per heavy atom. The van der Waals surface area contributed by atoms with Crippen molar-refractivity contribution in [2.75, 3.05) is 30.5 Å². The van der Waals surface area contributed by atoms with Crippen LogP contribution in [0.1, 0.15) is 26.7 Å². The molecule has 6 nitrogen and oxygen atoms in total. The number of likely N-dealkylation sites (tertiary alicyclic amines) is 1. The van der Waals surface area contributed by atoms with Crippen molar-refractivity contribution in [3.8, 4) is 5.75 Å². The molecule has 0 bridgehead atoms. The molecule has 0 saturated carbocycles. The lowest BCUT2D eigenvalue weighted by molar-refractivity contribution is -0.131. The number of hydrogen-bond acceptors (Lipinski definition) is 4. The average Bonchev–Trinajstić information content (AvgIpc) is 2.73. The second-order valence-corrected chi connectivity index (χ2v) is 9.78. The number of carbonyl (C=O) groups excluding carboxylic acids is 1. The van der Waals surface area contributed by atoms with Crippen LogP contribution >= 0.6 is 11.6 Å². The van der Waals surface area contributed by atoms with E-state index in [1.54, 1.807) is 29.2 Å². The highest BCUT2D eigenvalue weighted by Gasteiger charge is 2.30. The predicted molar refractivity (Wildman–Crippen MR) is 119 cm³/mol. The lowest BCUT2D eigenvalue weighted by Gasteiger charge is -2.33. The summed E-state index contributed by atoms with van der Waals surface area (Å²) in [5, 5.41) is 0.444. The van der Waals surface area contributed by atoms with Gasteiger partial charge in [-0.2, -0.15) is 0 Å². The van der Waals surface area contributed by atoms with Crippen LogP contribution in [0.5, 0.6) is 5.75 Å². The SMILES string of the molecule is CCOc1ccc(N(CC(=O)N2CCC[C@@H](C)C2)S(=O)(=O)c2ccc(Cl)cc2)cc1. The van der Waals surface area contributed by atoms with Gasteiger partial charge in [0.2, 0.25) is 5.91 Å². The zero-order valence-electron chi connectivity index (χ0n) is 17.3. The summed E-state index contributed by atoms with van der Waals surface area (Å²) < 4.78 is 33.5. The highest BCUT2D eigenvalue weighted by atomic mass is 35.5. The number of ether oxygens (including phenoxy) is 1. The maximum Gasteiger partial charge on any atom is 0.264 e. The molecular weight excluding hydrogens is 424 g/mol. The molecule has 2 aromatic carbocycles. The Morgan fingerprint density at radius 2 is 1.83 bits per heavy atom. The van der Waals surface area contributed by atoms with Gasteiger partial charge in [-0.05, 0) is 74.2 Å². The molecule has 1 heterocycles. The van der Waals surface area contributed by atoms with Crippen LogP contribution in [-0.4, -0.2) is 45.5 Å². The maximum absolute atomic E-state index is 13.4. The summed E-state index contributed by atoms with van der Waals surface area (Å²) in [7, 11) is -3.96. The number of piperidine rings is 1. The Kier molecular flexibility index (Phi) is 7.26. The van der Waals surface area contributed by atoms with Crippen LogP contribution < -0.4 is 9.04 Å². The molecule has 1 fully saturated rings. The number of sulfonamides is 1. The molecule has 3 rings (SSSR count). The third kappa shape index (κ3) is 5.26. The van der Waals surface area contributed by atoms with Crippen LogP contribution in [0.25, 0.3) is 0 Å². The molecule has 2 aromatic rings. The molecule has 0 N–H and O–H groups in total. The molecular formula is C22H27ClN2O4S. The molecule has 0 unspecified atom stereocenters. The molecule has 1 amide bonds. The molecule has 8 heteroatoms. The number of amides is 1. The van der Waals surface area contributed by atoms with Crippen LogP contribution in [0.2, 0.25) is 5.02 Å². The number of anilines is 1. The van der Waals surface area contributed by atoms with Crippen molar-refractivity contribution in [1.29, 1.82) is 0 Å². The number of benzene rings is 2. The van der Waals surface area contributed by atoms with Crippen molar-refractivity contribution in [3.63, 3.8) is 0 Å². The van der Waals surface area contributed by atoms with E-state index in [1.165, 1.54) is 24.3 Å². The topological polar surface area (TPSA) is 66.9 Å². The number of carbonyl (C=O) groups is 1. The molecule has 1 saturated heterocycles. The van der Waals surface area contributed by atoms with Gasteiger partial charge in [-0.1, -0.05) is 18.5 Å². The summed E-state index contributed by atoms with van der Waals surface area (Å²) in [6.45, 7) is 5.54. The predicted octanol–water partition coefficient (Wildman–Crippen LogP) is 4.19. The molecule has 0 aromatic heterocycles. The fourth-order valence-electron chi connectivity index (χ4n) is 3.56. The third-order valence-electron chi connectivity index (χ3n) is 5.13. The van der Waals surface area contributed by atoms with E-state index in [0.717, 1.165) is 17.1 Å². The van der Waals surface area contributed by atoms with Crippen molar-refractivity contribution >= 4 is 33.2 Å². The van der Waals surface area contributed by atoms with E-state index in [4.69, 9.17) is 16.3 Å². The van der Waals surface area contributed by atoms with Crippen molar-refractivity contribution in [1.82, 2.24) is 4.90 Å². The first-order valence-electron chi connectivity index (χ1n) is 10.1. The zero-order valence-corrected chi connectivity index (χ0v) is 18.8. The first-order valence-corrected chi connectivity index (χ1v) is 11.9. The second kappa shape index (κ2) is 9.71. The summed E-state index contributed by atoms with van der Waals surface area (Å²) in [5.74, 6) is 0.851. The van der Waals surface area contributed by atoms with E-state index in [1.807, 2.05) is 6.92 Å². The first-order chi connectivity index (χ1) is 14.3. The largest absolute Gasteiger partial charge is 0.494 e. The summed E-state index contributed by atoms with van der Waals surface area (Å²) in [6.07, 6.45) is 2.01. The highest BCUT2D eigenvalue weighted by molar-refractivity contribution is 7.92. The average molecular weight is 451 g/mol. The summed E-state index contributed by atoms with van der Waals surface area (Å²) >= 11 is 5.92. The van der Waals surface area contributed by atoms with E-state index in [0.29, 0.717) is 42.1 Å². The van der Waals surface area contributed by atoms with Crippen LogP contribution in [0.3, 0.4) is 0 Å². The molecule has 162 valence electrons. The van der Waals surface area contributed by atoms with E-state index in [9.17, 15) is 13.2 Å². The van der Waals surface area contributed by atoms with Gasteiger partial charge in [-0.25, -0.2) is 8.42 Å². The van der Waals surface area contributed by atoms with Crippen molar-refractivity contribution in [2.24, 2.45) is 5.92 Å². The van der Waals surface area contributed by atoms with E-state index in [2.05, 4.69) is 6.92 Å². The second-order valence-electron chi connectivity index (χ2n) is 7.48. The smallest absolute Gasteiger partial charge is 0.264 e. The molecule has 30 heavy (non-hydrogen) atoms. The number of nitrogens with zero attached hydrogens (tertiary/aromatic N) is 2. The minimum Gasteiger partial charge on any atom is -0.494 e. The monoisotopic (exact) mass is 450 g/mol. The zero-order chi connectivity index (χ0) is 21.7. The van der Waals surface area contributed by atoms with Gasteiger partial charge in [-0.3, -0.25) is 9.10 Å². The van der Waals surface area contributed by atoms with E-state index >= 15 is 0 Å². The van der Waals surface area contributed by atoms with Crippen LogP contribution in [-0.2, 0) is 14.8 Å². The maximum atomic E-state index is 13.4. The van der Waals surface area contributed by atoms with Crippen molar-refractivity contribution in [3.05, 3.63) is 53.6 Å². The molecule has 1 atom stereocenters. The van der Waals surface area contributed by atoms with Crippen molar-refractivity contribution in [2.45, 2.75) is 31.6 Å². The molecule has 0 aliphatic carbocycles. The standard InChI is InChI=1S/C22H27ClN2O4S/c1-3-29-20-10-8-19(9-11-20)25(16-22(26)24-14-4-5-17(2)15-24)30(27,28)21-12-6-18(23)7-13-21/h6-13,17H,3-5,14-16H2,1-2H3/t17-/m1/s1. The summed E-state index contributed by atoms with van der Waals surface area (Å²) in [4.78, 5) is 14.8. The fraction of sp³-hybridized carbons (Fsp3) is 0.409. The van der Waals surface area contributed by atoms with E-state index in [-0.39, 0.29) is 17.3 Å². The number of halogens is 1. The normalized spacial score (nSPS) is 16.9. The molecule has 0 radical (unpaired) electrons. The number of rotatable bonds is 7. The van der Waals surface area contributed by atoms with Gasteiger partial charge >= 0.3 is 0 Å². The van der Waals surface area contributed by atoms with Crippen molar-refractivity contribution < 1.29 is 17.9 Å². The quantitative estimate of drug-likeness (QED) is 0.634. The highest BCUT2D eigenvalue weighted by Crippen LogP contribution is 2.27. The van der Waals surface area contributed by atoms with Gasteiger partial charge in [0.1, 0.15) is 12.3 Å². The molecule has 0 spiro atoms. The third-order valence-corrected chi connectivity index (χ3v) is 7.17. The Labute approximate surface area is 183 Å². The Morgan fingerprint density at radius 3 is 2.43 bits per heavy atom. The Balaban J connectivity index is 1.93. The van der Waals surface area contributed by atoms with Gasteiger partial charge in [0.05, 0.1) is 17.2 Å². The Hall–Kier alpha value is -2.25. The fourth-order valence-corrected chi connectivity index (χ4v) is 5.10. The summed E-state index contributed by atoms with van der Waals surface area (Å²) in [5.41, 5.74) is 0.409. The molecule has 1 aliphatic heterocycles. The molecule has 1 aliphatic rings. The van der Waals surface area contributed by atoms with Crippen LogP contribution in [0.15, 0.2) is 53.4 Å².